The average molecular weight is 373 g/mol. The first-order valence-electron chi connectivity index (χ1n) is 9.98. The van der Waals surface area contributed by atoms with Crippen LogP contribution in [0.4, 0.5) is 0 Å². The molecule has 1 N–H and O–H groups in total. The molecule has 0 radical (unpaired) electrons. The SMILES string of the molecule is C=C(C)[C@H]1CC=C(C)C(=O)C1.C=CC(C)(O)CCC=C(C)CCC=C(C)C. The van der Waals surface area contributed by atoms with Gasteiger partial charge < -0.3 is 5.11 Å². The minimum Gasteiger partial charge on any atom is -0.386 e. The molecule has 0 fully saturated rings. The van der Waals surface area contributed by atoms with Gasteiger partial charge in [-0.3, -0.25) is 4.79 Å². The molecular formula is C25H40O2. The van der Waals surface area contributed by atoms with Crippen LogP contribution in [0.2, 0.25) is 0 Å². The molecule has 0 heterocycles. The fraction of sp³-hybridized carbons (Fsp3) is 0.560. The molecule has 2 nitrogen and oxygen atoms in total. The zero-order chi connectivity index (χ0) is 21.0. The highest BCUT2D eigenvalue weighted by atomic mass is 16.3. The van der Waals surface area contributed by atoms with E-state index >= 15 is 0 Å². The number of Topliss-reactive ketones (excluding diaryl/α,β-unsaturated/α-hetero) is 1. The lowest BCUT2D eigenvalue weighted by atomic mass is 9.85. The van der Waals surface area contributed by atoms with Crippen molar-refractivity contribution >= 4 is 5.78 Å². The minimum absolute atomic E-state index is 0.282. The number of allylic oxidation sites excluding steroid dienone is 7. The molecule has 1 aliphatic carbocycles. The van der Waals surface area contributed by atoms with Crippen LogP contribution in [-0.2, 0) is 4.79 Å². The zero-order valence-corrected chi connectivity index (χ0v) is 18.4. The lowest BCUT2D eigenvalue weighted by Gasteiger charge is -2.18. The Labute approximate surface area is 167 Å². The molecule has 0 aromatic carbocycles. The molecule has 1 rings (SSSR count). The van der Waals surface area contributed by atoms with Gasteiger partial charge in [-0.05, 0) is 85.1 Å². The monoisotopic (exact) mass is 372 g/mol. The molecule has 1 aliphatic rings. The lowest BCUT2D eigenvalue weighted by molar-refractivity contribution is -0.116. The smallest absolute Gasteiger partial charge is 0.158 e. The second-order valence-corrected chi connectivity index (χ2v) is 8.26. The average Bonchev–Trinajstić information content (AvgIpc) is 2.57. The first-order chi connectivity index (χ1) is 12.5. The van der Waals surface area contributed by atoms with Crippen molar-refractivity contribution in [2.24, 2.45) is 5.92 Å². The van der Waals surface area contributed by atoms with Crippen molar-refractivity contribution in [1.82, 2.24) is 0 Å². The van der Waals surface area contributed by atoms with Gasteiger partial charge >= 0.3 is 0 Å². The molecule has 0 saturated heterocycles. The summed E-state index contributed by atoms with van der Waals surface area (Å²) in [7, 11) is 0. The maximum Gasteiger partial charge on any atom is 0.158 e. The predicted molar refractivity (Wildman–Crippen MR) is 119 cm³/mol. The topological polar surface area (TPSA) is 37.3 Å². The molecule has 2 heteroatoms. The van der Waals surface area contributed by atoms with Crippen LogP contribution in [-0.4, -0.2) is 16.5 Å². The molecule has 0 saturated carbocycles. The predicted octanol–water partition coefficient (Wildman–Crippen LogP) is 6.88. The van der Waals surface area contributed by atoms with Crippen LogP contribution in [0.1, 0.15) is 80.1 Å². The summed E-state index contributed by atoms with van der Waals surface area (Å²) in [5.41, 5.74) is 4.10. The Morgan fingerprint density at radius 3 is 2.37 bits per heavy atom. The molecule has 0 amide bonds. The third-order valence-electron chi connectivity index (χ3n) is 4.95. The third kappa shape index (κ3) is 12.4. The van der Waals surface area contributed by atoms with Gasteiger partial charge in [0.2, 0.25) is 0 Å². The molecule has 0 spiro atoms. The van der Waals surface area contributed by atoms with Crippen molar-refractivity contribution in [2.75, 3.05) is 0 Å². The summed E-state index contributed by atoms with van der Waals surface area (Å²) >= 11 is 0. The molecule has 2 atom stereocenters. The van der Waals surface area contributed by atoms with Gasteiger partial charge in [-0.2, -0.15) is 0 Å². The van der Waals surface area contributed by atoms with Crippen LogP contribution in [0.5, 0.6) is 0 Å². The number of rotatable bonds is 8. The zero-order valence-electron chi connectivity index (χ0n) is 18.4. The molecule has 1 unspecified atom stereocenters. The first kappa shape index (κ1) is 25.3. The standard InChI is InChI=1S/C15H26O.C10H14O/c1-6-15(5,16)12-8-11-14(4)10-7-9-13(2)3;1-7(2)9-5-4-8(3)10(11)6-9/h6,9,11,16H,1,7-8,10,12H2,2-5H3;4,9H,1,5-6H2,2-3H3/t;9-/m.0/s1. The molecule has 0 bridgehead atoms. The normalized spacial score (nSPS) is 19.2. The number of aliphatic hydroxyl groups is 1. The molecule has 0 aliphatic heterocycles. The van der Waals surface area contributed by atoms with Gasteiger partial charge in [0.05, 0.1) is 5.60 Å². The van der Waals surface area contributed by atoms with Gasteiger partial charge in [-0.25, -0.2) is 0 Å². The van der Waals surface area contributed by atoms with Gasteiger partial charge in [-0.15, -0.1) is 6.58 Å². The van der Waals surface area contributed by atoms with Gasteiger partial charge in [0.1, 0.15) is 0 Å². The van der Waals surface area contributed by atoms with Gasteiger partial charge in [0.15, 0.2) is 5.78 Å². The number of carbonyl (C=O) groups excluding carboxylic acids is 1. The van der Waals surface area contributed by atoms with Crippen LogP contribution in [0.25, 0.3) is 0 Å². The Morgan fingerprint density at radius 1 is 1.26 bits per heavy atom. The van der Waals surface area contributed by atoms with E-state index in [2.05, 4.69) is 46.1 Å². The van der Waals surface area contributed by atoms with E-state index in [0.717, 1.165) is 43.3 Å². The van der Waals surface area contributed by atoms with Gasteiger partial charge in [0, 0.05) is 6.42 Å². The van der Waals surface area contributed by atoms with E-state index in [-0.39, 0.29) is 5.78 Å². The van der Waals surface area contributed by atoms with Crippen molar-refractivity contribution in [3.8, 4) is 0 Å². The second kappa shape index (κ2) is 12.7. The Morgan fingerprint density at radius 2 is 1.89 bits per heavy atom. The van der Waals surface area contributed by atoms with E-state index in [4.69, 9.17) is 0 Å². The Balaban J connectivity index is 0.000000533. The van der Waals surface area contributed by atoms with Gasteiger partial charge in [0.25, 0.3) is 0 Å². The van der Waals surface area contributed by atoms with Crippen LogP contribution in [0.3, 0.4) is 0 Å². The largest absolute Gasteiger partial charge is 0.386 e. The number of carbonyl (C=O) groups is 1. The second-order valence-electron chi connectivity index (χ2n) is 8.26. The van der Waals surface area contributed by atoms with E-state index < -0.39 is 5.60 Å². The van der Waals surface area contributed by atoms with Gasteiger partial charge in [-0.1, -0.05) is 47.6 Å². The molecule has 0 aromatic rings. The van der Waals surface area contributed by atoms with E-state index in [9.17, 15) is 9.90 Å². The molecule has 27 heavy (non-hydrogen) atoms. The summed E-state index contributed by atoms with van der Waals surface area (Å²) < 4.78 is 0. The number of hydrogen-bond donors (Lipinski definition) is 1. The number of hydrogen-bond acceptors (Lipinski definition) is 2. The highest BCUT2D eigenvalue weighted by molar-refractivity contribution is 5.95. The molecule has 0 aromatic heterocycles. The fourth-order valence-corrected chi connectivity index (χ4v) is 2.68. The van der Waals surface area contributed by atoms with E-state index in [1.165, 1.54) is 11.1 Å². The van der Waals surface area contributed by atoms with Crippen molar-refractivity contribution in [3.05, 3.63) is 59.8 Å². The van der Waals surface area contributed by atoms with Crippen LogP contribution < -0.4 is 0 Å². The van der Waals surface area contributed by atoms with Crippen molar-refractivity contribution < 1.29 is 9.90 Å². The Bertz CT molecular complexity index is 596. The maximum atomic E-state index is 11.2. The van der Waals surface area contributed by atoms with E-state index in [1.54, 1.807) is 13.0 Å². The summed E-state index contributed by atoms with van der Waals surface area (Å²) in [6.45, 7) is 19.6. The highest BCUT2D eigenvalue weighted by Crippen LogP contribution is 2.25. The number of ketones is 1. The highest BCUT2D eigenvalue weighted by Gasteiger charge is 2.19. The summed E-state index contributed by atoms with van der Waals surface area (Å²) in [4.78, 5) is 11.2. The summed E-state index contributed by atoms with van der Waals surface area (Å²) in [6.07, 6.45) is 13.7. The quantitative estimate of drug-likeness (QED) is 0.471. The summed E-state index contributed by atoms with van der Waals surface area (Å²) in [6, 6.07) is 0. The Kier molecular flexibility index (Phi) is 11.9. The summed E-state index contributed by atoms with van der Waals surface area (Å²) in [5.74, 6) is 0.676. The first-order valence-corrected chi connectivity index (χ1v) is 9.98. The maximum absolute atomic E-state index is 11.2. The molecular weight excluding hydrogens is 332 g/mol. The van der Waals surface area contributed by atoms with Crippen LogP contribution in [0.15, 0.2) is 59.8 Å². The third-order valence-corrected chi connectivity index (χ3v) is 4.95. The van der Waals surface area contributed by atoms with Crippen molar-refractivity contribution in [2.45, 2.75) is 85.7 Å². The summed E-state index contributed by atoms with van der Waals surface area (Å²) in [5, 5.41) is 9.73. The van der Waals surface area contributed by atoms with E-state index in [0.29, 0.717) is 12.3 Å². The van der Waals surface area contributed by atoms with Crippen LogP contribution in [0, 0.1) is 5.92 Å². The van der Waals surface area contributed by atoms with Crippen molar-refractivity contribution in [1.29, 1.82) is 0 Å². The van der Waals surface area contributed by atoms with Crippen molar-refractivity contribution in [3.63, 3.8) is 0 Å². The van der Waals surface area contributed by atoms with E-state index in [1.807, 2.05) is 19.9 Å². The lowest BCUT2D eigenvalue weighted by Crippen LogP contribution is -2.19. The fourth-order valence-electron chi connectivity index (χ4n) is 2.68. The molecule has 152 valence electrons. The minimum atomic E-state index is -0.726. The Hall–Kier alpha value is -1.67. The van der Waals surface area contributed by atoms with Crippen LogP contribution >= 0.6 is 0 Å².